The highest BCUT2D eigenvalue weighted by molar-refractivity contribution is 6.69. The Hall–Kier alpha value is -1.38. The highest BCUT2D eigenvalue weighted by Gasteiger charge is 2.22. The summed E-state index contributed by atoms with van der Waals surface area (Å²) in [6, 6.07) is 6.48. The van der Waals surface area contributed by atoms with Gasteiger partial charge in [0, 0.05) is 0 Å². The first-order chi connectivity index (χ1) is 7.87. The molecule has 1 unspecified atom stereocenters. The topological polar surface area (TPSA) is 42.2 Å². The van der Waals surface area contributed by atoms with Crippen LogP contribution in [0.25, 0.3) is 0 Å². The Balaban J connectivity index is 2.98. The molecule has 5 heteroatoms. The van der Waals surface area contributed by atoms with E-state index in [1.54, 1.807) is 6.07 Å². The fourth-order valence-corrected chi connectivity index (χ4v) is 2.26. The molecular weight excluding hydrogens is 237 g/mol. The van der Waals surface area contributed by atoms with Crippen molar-refractivity contribution < 1.29 is 13.6 Å². The van der Waals surface area contributed by atoms with E-state index >= 15 is 0 Å². The summed E-state index contributed by atoms with van der Waals surface area (Å²) in [6.07, 6.45) is -0.720. The van der Waals surface area contributed by atoms with Gasteiger partial charge in [-0.2, -0.15) is 5.26 Å². The highest BCUT2D eigenvalue weighted by Crippen LogP contribution is 2.25. The second-order valence-corrected chi connectivity index (χ2v) is 9.09. The third-order valence-electron chi connectivity index (χ3n) is 2.07. The summed E-state index contributed by atoms with van der Waals surface area (Å²) < 4.78 is 24.0. The Kier molecular flexibility index (Phi) is 4.26. The molecule has 17 heavy (non-hydrogen) atoms. The molecule has 1 aromatic carbocycles. The number of benzene rings is 1. The lowest BCUT2D eigenvalue weighted by Gasteiger charge is -2.22. The lowest BCUT2D eigenvalue weighted by atomic mass is 10.1. The first kappa shape index (κ1) is 13.7. The lowest BCUT2D eigenvalue weighted by molar-refractivity contribution is 0.254. The van der Waals surface area contributed by atoms with E-state index in [2.05, 4.69) is 0 Å². The Morgan fingerprint density at radius 1 is 1.35 bits per heavy atom. The highest BCUT2D eigenvalue weighted by atomic mass is 28.4. The smallest absolute Gasteiger partial charge is 0.186 e. The van der Waals surface area contributed by atoms with Crippen LogP contribution in [-0.4, -0.2) is 15.4 Å². The van der Waals surface area contributed by atoms with Crippen molar-refractivity contribution in [2.75, 3.05) is 7.11 Å². The second-order valence-electron chi connectivity index (χ2n) is 4.63. The van der Waals surface area contributed by atoms with Gasteiger partial charge in [0.05, 0.1) is 13.2 Å². The van der Waals surface area contributed by atoms with Crippen molar-refractivity contribution in [1.29, 1.82) is 5.26 Å². The van der Waals surface area contributed by atoms with E-state index in [9.17, 15) is 4.39 Å². The molecule has 0 amide bonds. The summed E-state index contributed by atoms with van der Waals surface area (Å²) in [5.41, 5.74) is 0.522. The minimum absolute atomic E-state index is 0.165. The fraction of sp³-hybridized carbons (Fsp3) is 0.417. The molecule has 1 rings (SSSR count). The third-order valence-corrected chi connectivity index (χ3v) is 3.01. The maximum Gasteiger partial charge on any atom is 0.186 e. The first-order valence-electron chi connectivity index (χ1n) is 5.28. The predicted octanol–water partition coefficient (Wildman–Crippen LogP) is 3.25. The van der Waals surface area contributed by atoms with E-state index in [1.807, 2.05) is 25.7 Å². The van der Waals surface area contributed by atoms with E-state index in [0.29, 0.717) is 5.56 Å². The maximum atomic E-state index is 13.5. The van der Waals surface area contributed by atoms with Crippen LogP contribution in [0.15, 0.2) is 18.2 Å². The molecule has 0 bridgehead atoms. The second kappa shape index (κ2) is 5.30. The zero-order valence-corrected chi connectivity index (χ0v) is 11.5. The number of halogens is 1. The van der Waals surface area contributed by atoms with Crippen LogP contribution in [-0.2, 0) is 4.43 Å². The average molecular weight is 253 g/mol. The zero-order valence-electron chi connectivity index (χ0n) is 10.5. The quantitative estimate of drug-likeness (QED) is 0.773. The Bertz CT molecular complexity index is 437. The van der Waals surface area contributed by atoms with Gasteiger partial charge in [-0.05, 0) is 37.3 Å². The Morgan fingerprint density at radius 3 is 2.41 bits per heavy atom. The third kappa shape index (κ3) is 3.84. The van der Waals surface area contributed by atoms with Crippen LogP contribution in [0, 0.1) is 17.1 Å². The van der Waals surface area contributed by atoms with E-state index in [0.717, 1.165) is 0 Å². The SMILES string of the molecule is COc1ccc(C(C#N)O[Si](C)(C)C)cc1F. The Labute approximate surface area is 102 Å². The number of hydrogen-bond donors (Lipinski definition) is 0. The zero-order chi connectivity index (χ0) is 13.1. The van der Waals surface area contributed by atoms with Gasteiger partial charge in [-0.1, -0.05) is 6.07 Å². The minimum Gasteiger partial charge on any atom is -0.494 e. The first-order valence-corrected chi connectivity index (χ1v) is 8.69. The van der Waals surface area contributed by atoms with Gasteiger partial charge in [-0.15, -0.1) is 0 Å². The number of hydrogen-bond acceptors (Lipinski definition) is 3. The molecule has 0 aliphatic heterocycles. The predicted molar refractivity (Wildman–Crippen MR) is 65.7 cm³/mol. The molecule has 0 saturated carbocycles. The van der Waals surface area contributed by atoms with E-state index < -0.39 is 20.2 Å². The van der Waals surface area contributed by atoms with Gasteiger partial charge in [-0.3, -0.25) is 0 Å². The molecule has 0 aliphatic rings. The summed E-state index contributed by atoms with van der Waals surface area (Å²) in [4.78, 5) is 0. The van der Waals surface area contributed by atoms with Gasteiger partial charge in [0.2, 0.25) is 0 Å². The molecule has 0 aromatic heterocycles. The monoisotopic (exact) mass is 253 g/mol. The van der Waals surface area contributed by atoms with Gasteiger partial charge < -0.3 is 9.16 Å². The number of ether oxygens (including phenoxy) is 1. The molecule has 0 spiro atoms. The average Bonchev–Trinajstić information content (AvgIpc) is 2.24. The summed E-state index contributed by atoms with van der Waals surface area (Å²) in [5, 5.41) is 9.05. The molecule has 3 nitrogen and oxygen atoms in total. The summed E-state index contributed by atoms with van der Waals surface area (Å²) >= 11 is 0. The molecule has 0 heterocycles. The van der Waals surface area contributed by atoms with Crippen LogP contribution < -0.4 is 4.74 Å². The van der Waals surface area contributed by atoms with Crippen molar-refractivity contribution in [3.8, 4) is 11.8 Å². The van der Waals surface area contributed by atoms with Crippen molar-refractivity contribution in [1.82, 2.24) is 0 Å². The van der Waals surface area contributed by atoms with Crippen LogP contribution in [0.1, 0.15) is 11.7 Å². The van der Waals surface area contributed by atoms with Crippen LogP contribution in [0.3, 0.4) is 0 Å². The van der Waals surface area contributed by atoms with E-state index in [4.69, 9.17) is 14.4 Å². The molecule has 92 valence electrons. The number of nitrogens with zero attached hydrogens (tertiary/aromatic N) is 1. The van der Waals surface area contributed by atoms with Crippen molar-refractivity contribution in [2.45, 2.75) is 25.7 Å². The Morgan fingerprint density at radius 2 is 2.00 bits per heavy atom. The van der Waals surface area contributed by atoms with Crippen molar-refractivity contribution >= 4 is 8.32 Å². The lowest BCUT2D eigenvalue weighted by Crippen LogP contribution is -2.27. The van der Waals surface area contributed by atoms with Crippen molar-refractivity contribution in [3.63, 3.8) is 0 Å². The van der Waals surface area contributed by atoms with Crippen molar-refractivity contribution in [2.24, 2.45) is 0 Å². The largest absolute Gasteiger partial charge is 0.494 e. The molecule has 0 saturated heterocycles. The van der Waals surface area contributed by atoms with Gasteiger partial charge in [0.25, 0.3) is 0 Å². The number of methoxy groups -OCH3 is 1. The molecule has 1 atom stereocenters. The van der Waals surface area contributed by atoms with Gasteiger partial charge in [-0.25, -0.2) is 4.39 Å². The standard InChI is InChI=1S/C12H16FNO2Si/c1-15-11-6-5-9(7-10(11)13)12(8-14)16-17(2,3)4/h5-7,12H,1-4H3. The molecule has 0 radical (unpaired) electrons. The number of rotatable bonds is 4. The summed E-state index contributed by atoms with van der Waals surface area (Å²) in [5.74, 6) is -0.317. The van der Waals surface area contributed by atoms with Gasteiger partial charge in [0.15, 0.2) is 26.0 Å². The number of nitriles is 1. The minimum atomic E-state index is -1.84. The molecular formula is C12H16FNO2Si. The molecule has 0 fully saturated rings. The van der Waals surface area contributed by atoms with E-state index in [1.165, 1.54) is 19.2 Å². The van der Waals surface area contributed by atoms with Gasteiger partial charge in [0.1, 0.15) is 0 Å². The van der Waals surface area contributed by atoms with Gasteiger partial charge >= 0.3 is 0 Å². The van der Waals surface area contributed by atoms with Crippen LogP contribution in [0.2, 0.25) is 19.6 Å². The maximum absolute atomic E-state index is 13.5. The molecule has 1 aromatic rings. The fourth-order valence-electron chi connectivity index (χ4n) is 1.37. The van der Waals surface area contributed by atoms with Crippen LogP contribution in [0.4, 0.5) is 4.39 Å². The molecule has 0 aliphatic carbocycles. The van der Waals surface area contributed by atoms with E-state index in [-0.39, 0.29) is 5.75 Å². The molecule has 0 N–H and O–H groups in total. The normalized spacial score (nSPS) is 12.9. The van der Waals surface area contributed by atoms with Crippen LogP contribution in [0.5, 0.6) is 5.75 Å². The summed E-state index contributed by atoms with van der Waals surface area (Å²) in [7, 11) is -0.438. The van der Waals surface area contributed by atoms with Crippen molar-refractivity contribution in [3.05, 3.63) is 29.6 Å². The van der Waals surface area contributed by atoms with Crippen LogP contribution >= 0.6 is 0 Å². The summed E-state index contributed by atoms with van der Waals surface area (Å²) in [6.45, 7) is 5.95.